The molecule has 0 atom stereocenters. The second-order valence-electron chi connectivity index (χ2n) is 4.52. The van der Waals surface area contributed by atoms with Gasteiger partial charge in [-0.3, -0.25) is 0 Å². The molecule has 0 aliphatic rings. The molecule has 0 saturated carbocycles. The van der Waals surface area contributed by atoms with Crippen LogP contribution < -0.4 is 5.32 Å². The second-order valence-corrected chi connectivity index (χ2v) is 6.61. The monoisotopic (exact) mass is 350 g/mol. The number of rotatable bonds is 3. The van der Waals surface area contributed by atoms with Crippen molar-refractivity contribution in [1.82, 2.24) is 4.98 Å². The second kappa shape index (κ2) is 5.50. The smallest absolute Gasteiger partial charge is 0.137 e. The quantitative estimate of drug-likeness (QED) is 0.709. The van der Waals surface area contributed by atoms with Gasteiger partial charge in [0.2, 0.25) is 0 Å². The van der Waals surface area contributed by atoms with Crippen molar-refractivity contribution in [2.24, 2.45) is 0 Å². The molecule has 0 spiro atoms. The molecular formula is C15H12BrFN2S. The Balaban J connectivity index is 1.77. The SMILES string of the molecule is Cc1nc2ccc(NCc3ccc(F)c(Br)c3)cc2s1. The van der Waals surface area contributed by atoms with E-state index < -0.39 is 0 Å². The number of fused-ring (bicyclic) bond motifs is 1. The molecule has 1 aromatic heterocycles. The maximum Gasteiger partial charge on any atom is 0.137 e. The molecule has 0 radical (unpaired) electrons. The van der Waals surface area contributed by atoms with Crippen LogP contribution in [0.25, 0.3) is 10.2 Å². The summed E-state index contributed by atoms with van der Waals surface area (Å²) >= 11 is 4.88. The number of nitrogens with one attached hydrogen (secondary N) is 1. The van der Waals surface area contributed by atoms with Gasteiger partial charge >= 0.3 is 0 Å². The normalized spacial score (nSPS) is 10.9. The maximum atomic E-state index is 13.2. The molecule has 3 rings (SSSR count). The van der Waals surface area contributed by atoms with Crippen LogP contribution in [0.5, 0.6) is 0 Å². The van der Waals surface area contributed by atoms with E-state index in [1.165, 1.54) is 10.8 Å². The van der Waals surface area contributed by atoms with Gasteiger partial charge in [0.25, 0.3) is 0 Å². The highest BCUT2D eigenvalue weighted by Gasteiger charge is 2.03. The summed E-state index contributed by atoms with van der Waals surface area (Å²) in [5, 5.41) is 4.41. The summed E-state index contributed by atoms with van der Waals surface area (Å²) in [6.45, 7) is 2.66. The van der Waals surface area contributed by atoms with Crippen molar-refractivity contribution in [3.63, 3.8) is 0 Å². The zero-order valence-electron chi connectivity index (χ0n) is 10.8. The largest absolute Gasteiger partial charge is 0.381 e. The molecule has 0 aliphatic carbocycles. The Labute approximate surface area is 128 Å². The molecule has 2 aromatic carbocycles. The first kappa shape index (κ1) is 13.5. The van der Waals surface area contributed by atoms with Gasteiger partial charge in [0, 0.05) is 12.2 Å². The average Bonchev–Trinajstić information content (AvgIpc) is 2.79. The van der Waals surface area contributed by atoms with E-state index in [0.717, 1.165) is 21.8 Å². The molecule has 0 bridgehead atoms. The van der Waals surface area contributed by atoms with Crippen molar-refractivity contribution >= 4 is 43.2 Å². The fourth-order valence-electron chi connectivity index (χ4n) is 2.00. The van der Waals surface area contributed by atoms with Gasteiger partial charge in [-0.2, -0.15) is 0 Å². The summed E-state index contributed by atoms with van der Waals surface area (Å²) in [5.41, 5.74) is 3.10. The zero-order valence-corrected chi connectivity index (χ0v) is 13.2. The summed E-state index contributed by atoms with van der Waals surface area (Å²) in [6, 6.07) is 11.2. The van der Waals surface area contributed by atoms with Crippen LogP contribution in [0.1, 0.15) is 10.6 Å². The molecule has 0 amide bonds. The van der Waals surface area contributed by atoms with Crippen LogP contribution in [0.15, 0.2) is 40.9 Å². The molecule has 5 heteroatoms. The van der Waals surface area contributed by atoms with Crippen LogP contribution in [0.2, 0.25) is 0 Å². The van der Waals surface area contributed by atoms with Crippen LogP contribution >= 0.6 is 27.3 Å². The maximum absolute atomic E-state index is 13.2. The Morgan fingerprint density at radius 2 is 2.10 bits per heavy atom. The van der Waals surface area contributed by atoms with Crippen LogP contribution in [-0.4, -0.2) is 4.98 Å². The van der Waals surface area contributed by atoms with Crippen LogP contribution in [0, 0.1) is 12.7 Å². The molecule has 1 heterocycles. The zero-order chi connectivity index (χ0) is 14.1. The highest BCUT2D eigenvalue weighted by molar-refractivity contribution is 9.10. The Kier molecular flexibility index (Phi) is 3.72. The predicted octanol–water partition coefficient (Wildman–Crippen LogP) is 5.12. The molecule has 0 saturated heterocycles. The van der Waals surface area contributed by atoms with E-state index in [1.807, 2.05) is 19.1 Å². The molecule has 0 fully saturated rings. The number of anilines is 1. The van der Waals surface area contributed by atoms with E-state index >= 15 is 0 Å². The van der Waals surface area contributed by atoms with E-state index in [1.54, 1.807) is 23.5 Å². The Morgan fingerprint density at radius 3 is 2.90 bits per heavy atom. The highest BCUT2D eigenvalue weighted by atomic mass is 79.9. The first-order valence-electron chi connectivity index (χ1n) is 6.17. The molecule has 2 nitrogen and oxygen atoms in total. The van der Waals surface area contributed by atoms with Gasteiger partial charge in [0.05, 0.1) is 19.7 Å². The summed E-state index contributed by atoms with van der Waals surface area (Å²) in [6.07, 6.45) is 0. The van der Waals surface area contributed by atoms with E-state index in [2.05, 4.69) is 32.3 Å². The molecule has 3 aromatic rings. The van der Waals surface area contributed by atoms with Gasteiger partial charge in [-0.15, -0.1) is 11.3 Å². The lowest BCUT2D eigenvalue weighted by atomic mass is 10.2. The van der Waals surface area contributed by atoms with Crippen molar-refractivity contribution in [2.45, 2.75) is 13.5 Å². The van der Waals surface area contributed by atoms with Gasteiger partial charge in [0.15, 0.2) is 0 Å². The number of nitrogens with zero attached hydrogens (tertiary/aromatic N) is 1. The third-order valence-electron chi connectivity index (χ3n) is 2.98. The number of aryl methyl sites for hydroxylation is 1. The molecule has 20 heavy (non-hydrogen) atoms. The standard InChI is InChI=1S/C15H12BrFN2S/c1-9-19-14-5-3-11(7-15(14)20-9)18-8-10-2-4-13(17)12(16)6-10/h2-7,18H,8H2,1H3. The fraction of sp³-hybridized carbons (Fsp3) is 0.133. The average molecular weight is 351 g/mol. The Bertz CT molecular complexity index is 770. The lowest BCUT2D eigenvalue weighted by Gasteiger charge is -2.07. The minimum Gasteiger partial charge on any atom is -0.381 e. The number of aromatic nitrogens is 1. The van der Waals surface area contributed by atoms with Gasteiger partial charge in [-0.05, 0) is 58.7 Å². The molecule has 0 aliphatic heterocycles. The van der Waals surface area contributed by atoms with Crippen molar-refractivity contribution in [2.75, 3.05) is 5.32 Å². The van der Waals surface area contributed by atoms with Crippen LogP contribution in [0.4, 0.5) is 10.1 Å². The topological polar surface area (TPSA) is 24.9 Å². The van der Waals surface area contributed by atoms with Crippen LogP contribution in [0.3, 0.4) is 0 Å². The van der Waals surface area contributed by atoms with Crippen molar-refractivity contribution in [3.05, 3.63) is 57.3 Å². The Hall–Kier alpha value is -1.46. The lowest BCUT2D eigenvalue weighted by Crippen LogP contribution is -1.99. The van der Waals surface area contributed by atoms with Gasteiger partial charge in [-0.1, -0.05) is 6.07 Å². The summed E-state index contributed by atoms with van der Waals surface area (Å²) in [5.74, 6) is -0.240. The summed E-state index contributed by atoms with van der Waals surface area (Å²) in [4.78, 5) is 4.44. The van der Waals surface area contributed by atoms with Crippen molar-refractivity contribution < 1.29 is 4.39 Å². The predicted molar refractivity (Wildman–Crippen MR) is 85.8 cm³/mol. The van der Waals surface area contributed by atoms with Gasteiger partial charge in [-0.25, -0.2) is 9.37 Å². The summed E-state index contributed by atoms with van der Waals surface area (Å²) in [7, 11) is 0. The fourth-order valence-corrected chi connectivity index (χ4v) is 3.30. The molecule has 1 N–H and O–H groups in total. The molecular weight excluding hydrogens is 339 g/mol. The van der Waals surface area contributed by atoms with Crippen LogP contribution in [-0.2, 0) is 6.54 Å². The van der Waals surface area contributed by atoms with E-state index in [0.29, 0.717) is 11.0 Å². The third-order valence-corrected chi connectivity index (χ3v) is 4.52. The number of hydrogen-bond donors (Lipinski definition) is 1. The lowest BCUT2D eigenvalue weighted by molar-refractivity contribution is 0.620. The number of hydrogen-bond acceptors (Lipinski definition) is 3. The summed E-state index contributed by atoms with van der Waals surface area (Å²) < 4.78 is 14.8. The van der Waals surface area contributed by atoms with Crippen molar-refractivity contribution in [3.8, 4) is 0 Å². The van der Waals surface area contributed by atoms with Gasteiger partial charge in [0.1, 0.15) is 5.82 Å². The first-order valence-corrected chi connectivity index (χ1v) is 7.78. The molecule has 102 valence electrons. The first-order chi connectivity index (χ1) is 9.61. The minimum absolute atomic E-state index is 0.240. The highest BCUT2D eigenvalue weighted by Crippen LogP contribution is 2.25. The van der Waals surface area contributed by atoms with Crippen molar-refractivity contribution in [1.29, 1.82) is 0 Å². The minimum atomic E-state index is -0.240. The number of thiazole rings is 1. The number of halogens is 2. The van der Waals surface area contributed by atoms with E-state index in [9.17, 15) is 4.39 Å². The Morgan fingerprint density at radius 1 is 1.25 bits per heavy atom. The van der Waals surface area contributed by atoms with Gasteiger partial charge < -0.3 is 5.32 Å². The van der Waals surface area contributed by atoms with E-state index in [-0.39, 0.29) is 5.82 Å². The third kappa shape index (κ3) is 2.83. The van der Waals surface area contributed by atoms with E-state index in [4.69, 9.17) is 0 Å². The number of benzene rings is 2. The molecule has 0 unspecified atom stereocenters.